The van der Waals surface area contributed by atoms with Gasteiger partial charge in [0.2, 0.25) is 0 Å². The number of amides is 1. The monoisotopic (exact) mass is 346 g/mol. The second-order valence-corrected chi connectivity index (χ2v) is 5.76. The number of aromatic nitrogens is 1. The van der Waals surface area contributed by atoms with Gasteiger partial charge in [0.1, 0.15) is 17.2 Å². The predicted octanol–water partition coefficient (Wildman–Crippen LogP) is 3.42. The molecule has 1 heterocycles. The van der Waals surface area contributed by atoms with E-state index in [1.165, 1.54) is 11.3 Å². The summed E-state index contributed by atoms with van der Waals surface area (Å²) in [6.45, 7) is 1.97. The molecule has 1 N–H and O–H groups in total. The highest BCUT2D eigenvalue weighted by molar-refractivity contribution is 9.10. The standard InChI is InChI=1S/C12H9BrF2N2OS/c1-6-17-8(5-19-6)4-16-12(18)11-9(14)2-7(13)3-10(11)15/h2-3,5H,4H2,1H3,(H,16,18). The Balaban J connectivity index is 2.12. The first-order valence-electron chi connectivity index (χ1n) is 5.31. The summed E-state index contributed by atoms with van der Waals surface area (Å²) in [5.74, 6) is -2.61. The van der Waals surface area contributed by atoms with Gasteiger partial charge in [-0.15, -0.1) is 11.3 Å². The Labute approximate surface area is 120 Å². The maximum atomic E-state index is 13.5. The van der Waals surface area contributed by atoms with Crippen molar-refractivity contribution in [2.45, 2.75) is 13.5 Å². The Morgan fingerprint density at radius 1 is 1.42 bits per heavy atom. The van der Waals surface area contributed by atoms with Gasteiger partial charge in [0, 0.05) is 9.85 Å². The van der Waals surface area contributed by atoms with Crippen molar-refractivity contribution < 1.29 is 13.6 Å². The summed E-state index contributed by atoms with van der Waals surface area (Å²) in [5, 5.41) is 5.09. The van der Waals surface area contributed by atoms with Gasteiger partial charge in [-0.05, 0) is 19.1 Å². The van der Waals surface area contributed by atoms with Crippen molar-refractivity contribution in [2.24, 2.45) is 0 Å². The van der Waals surface area contributed by atoms with Gasteiger partial charge in [-0.1, -0.05) is 15.9 Å². The third-order valence-corrected chi connectivity index (χ3v) is 3.61. The molecule has 0 unspecified atom stereocenters. The zero-order valence-corrected chi connectivity index (χ0v) is 12.2. The van der Waals surface area contributed by atoms with Crippen LogP contribution in [0.15, 0.2) is 22.0 Å². The van der Waals surface area contributed by atoms with Crippen molar-refractivity contribution in [3.05, 3.63) is 49.9 Å². The average Bonchev–Trinajstić information content (AvgIpc) is 2.71. The minimum atomic E-state index is -0.904. The number of carbonyl (C=O) groups excluding carboxylic acids is 1. The van der Waals surface area contributed by atoms with E-state index in [0.29, 0.717) is 5.69 Å². The summed E-state index contributed by atoms with van der Waals surface area (Å²) in [7, 11) is 0. The van der Waals surface area contributed by atoms with Crippen LogP contribution in [0.1, 0.15) is 21.1 Å². The quantitative estimate of drug-likeness (QED) is 0.925. The molecule has 0 saturated heterocycles. The molecule has 7 heteroatoms. The molecule has 1 aromatic heterocycles. The van der Waals surface area contributed by atoms with E-state index in [0.717, 1.165) is 17.1 Å². The first kappa shape index (κ1) is 14.1. The van der Waals surface area contributed by atoms with Crippen LogP contribution in [0, 0.1) is 18.6 Å². The summed E-state index contributed by atoms with van der Waals surface area (Å²) in [5.41, 5.74) is 0.0731. The number of nitrogens with zero attached hydrogens (tertiary/aromatic N) is 1. The highest BCUT2D eigenvalue weighted by atomic mass is 79.9. The number of benzene rings is 1. The van der Waals surface area contributed by atoms with Crippen molar-refractivity contribution in [3.63, 3.8) is 0 Å². The third kappa shape index (κ3) is 3.36. The summed E-state index contributed by atoms with van der Waals surface area (Å²) < 4.78 is 27.3. The van der Waals surface area contributed by atoms with E-state index in [4.69, 9.17) is 0 Å². The second kappa shape index (κ2) is 5.75. The molecule has 0 spiro atoms. The number of rotatable bonds is 3. The number of hydrogen-bond donors (Lipinski definition) is 1. The SMILES string of the molecule is Cc1nc(CNC(=O)c2c(F)cc(Br)cc2F)cs1. The number of aryl methyl sites for hydroxylation is 1. The van der Waals surface area contributed by atoms with E-state index in [1.807, 2.05) is 6.92 Å². The fraction of sp³-hybridized carbons (Fsp3) is 0.167. The lowest BCUT2D eigenvalue weighted by atomic mass is 10.2. The van der Waals surface area contributed by atoms with Crippen LogP contribution in [0.25, 0.3) is 0 Å². The number of carbonyl (C=O) groups is 1. The molecule has 1 amide bonds. The Morgan fingerprint density at radius 3 is 2.58 bits per heavy atom. The van der Waals surface area contributed by atoms with Crippen molar-refractivity contribution in [1.82, 2.24) is 10.3 Å². The third-order valence-electron chi connectivity index (χ3n) is 2.33. The van der Waals surface area contributed by atoms with E-state index in [-0.39, 0.29) is 11.0 Å². The van der Waals surface area contributed by atoms with Gasteiger partial charge in [-0.25, -0.2) is 13.8 Å². The Bertz CT molecular complexity index is 607. The van der Waals surface area contributed by atoms with Crippen LogP contribution in [-0.2, 0) is 6.54 Å². The molecule has 0 saturated carbocycles. The van der Waals surface area contributed by atoms with Crippen LogP contribution in [0.3, 0.4) is 0 Å². The van der Waals surface area contributed by atoms with Gasteiger partial charge in [0.05, 0.1) is 17.2 Å². The molecular weight excluding hydrogens is 338 g/mol. The molecule has 19 heavy (non-hydrogen) atoms. The molecule has 0 bridgehead atoms. The van der Waals surface area contributed by atoms with Gasteiger partial charge < -0.3 is 5.32 Å². The molecule has 0 radical (unpaired) electrons. The van der Waals surface area contributed by atoms with Crippen LogP contribution >= 0.6 is 27.3 Å². The first-order valence-corrected chi connectivity index (χ1v) is 6.98. The number of thiazole rings is 1. The van der Waals surface area contributed by atoms with Gasteiger partial charge in [0.15, 0.2) is 0 Å². The summed E-state index contributed by atoms with van der Waals surface area (Å²) >= 11 is 4.40. The molecular formula is C12H9BrF2N2OS. The largest absolute Gasteiger partial charge is 0.346 e. The lowest BCUT2D eigenvalue weighted by molar-refractivity contribution is 0.0942. The number of halogens is 3. The van der Waals surface area contributed by atoms with Crippen molar-refractivity contribution >= 4 is 33.2 Å². The van der Waals surface area contributed by atoms with E-state index < -0.39 is 23.1 Å². The maximum Gasteiger partial charge on any atom is 0.257 e. The lowest BCUT2D eigenvalue weighted by Gasteiger charge is -2.06. The normalized spacial score (nSPS) is 10.5. The molecule has 1 aromatic carbocycles. The Morgan fingerprint density at radius 2 is 2.05 bits per heavy atom. The van der Waals surface area contributed by atoms with Crippen LogP contribution in [-0.4, -0.2) is 10.9 Å². The second-order valence-electron chi connectivity index (χ2n) is 3.78. The fourth-order valence-corrected chi connectivity index (χ4v) is 2.52. The minimum absolute atomic E-state index is 0.137. The topological polar surface area (TPSA) is 42.0 Å². The van der Waals surface area contributed by atoms with Gasteiger partial charge in [-0.2, -0.15) is 0 Å². The molecule has 0 atom stereocenters. The fourth-order valence-electron chi connectivity index (χ4n) is 1.51. The Hall–Kier alpha value is -1.34. The van der Waals surface area contributed by atoms with Crippen LogP contribution in [0.4, 0.5) is 8.78 Å². The maximum absolute atomic E-state index is 13.5. The molecule has 2 aromatic rings. The highest BCUT2D eigenvalue weighted by Crippen LogP contribution is 2.19. The van der Waals surface area contributed by atoms with Gasteiger partial charge in [0.25, 0.3) is 5.91 Å². The van der Waals surface area contributed by atoms with Crippen molar-refractivity contribution in [3.8, 4) is 0 Å². The van der Waals surface area contributed by atoms with Crippen molar-refractivity contribution in [1.29, 1.82) is 0 Å². The van der Waals surface area contributed by atoms with E-state index in [9.17, 15) is 13.6 Å². The molecule has 0 aliphatic rings. The first-order chi connectivity index (χ1) is 8.97. The smallest absolute Gasteiger partial charge is 0.257 e. The van der Waals surface area contributed by atoms with E-state index in [1.54, 1.807) is 5.38 Å². The van der Waals surface area contributed by atoms with E-state index in [2.05, 4.69) is 26.2 Å². The molecule has 0 fully saturated rings. The lowest BCUT2D eigenvalue weighted by Crippen LogP contribution is -2.25. The summed E-state index contributed by atoms with van der Waals surface area (Å²) in [6, 6.07) is 2.09. The van der Waals surface area contributed by atoms with Crippen LogP contribution in [0.2, 0.25) is 0 Å². The van der Waals surface area contributed by atoms with Crippen LogP contribution < -0.4 is 5.32 Å². The molecule has 0 aliphatic carbocycles. The minimum Gasteiger partial charge on any atom is -0.346 e. The predicted molar refractivity (Wildman–Crippen MR) is 72.1 cm³/mol. The van der Waals surface area contributed by atoms with Crippen LogP contribution in [0.5, 0.6) is 0 Å². The zero-order chi connectivity index (χ0) is 14.0. The van der Waals surface area contributed by atoms with Gasteiger partial charge in [-0.3, -0.25) is 4.79 Å². The number of hydrogen-bond acceptors (Lipinski definition) is 3. The van der Waals surface area contributed by atoms with Crippen molar-refractivity contribution in [2.75, 3.05) is 0 Å². The molecule has 2 rings (SSSR count). The van der Waals surface area contributed by atoms with E-state index >= 15 is 0 Å². The summed E-state index contributed by atoms with van der Waals surface area (Å²) in [6.07, 6.45) is 0. The number of nitrogens with one attached hydrogen (secondary N) is 1. The zero-order valence-electron chi connectivity index (χ0n) is 9.84. The molecule has 0 aliphatic heterocycles. The molecule has 3 nitrogen and oxygen atoms in total. The highest BCUT2D eigenvalue weighted by Gasteiger charge is 2.18. The summed E-state index contributed by atoms with van der Waals surface area (Å²) in [4.78, 5) is 15.9. The van der Waals surface area contributed by atoms with Gasteiger partial charge >= 0.3 is 0 Å². The molecule has 100 valence electrons. The Kier molecular flexibility index (Phi) is 4.26. The average molecular weight is 347 g/mol.